The van der Waals surface area contributed by atoms with E-state index in [2.05, 4.69) is 10.6 Å². The zero-order valence-corrected chi connectivity index (χ0v) is 22.2. The van der Waals surface area contributed by atoms with Crippen molar-refractivity contribution in [2.45, 2.75) is 43.9 Å². The second-order valence-electron chi connectivity index (χ2n) is 9.96. The van der Waals surface area contributed by atoms with Crippen LogP contribution in [-0.4, -0.2) is 37.1 Å². The van der Waals surface area contributed by atoms with Crippen LogP contribution in [0.5, 0.6) is 0 Å². The number of carbonyl (C=O) groups is 1. The molecule has 0 spiro atoms. The van der Waals surface area contributed by atoms with E-state index in [0.717, 1.165) is 41.3 Å². The van der Waals surface area contributed by atoms with Crippen molar-refractivity contribution in [1.82, 2.24) is 10.3 Å². The van der Waals surface area contributed by atoms with E-state index in [1.807, 2.05) is 49.3 Å². The number of hydrogen-bond acceptors (Lipinski definition) is 5. The molecule has 0 bridgehead atoms. The highest BCUT2D eigenvalue weighted by Crippen LogP contribution is 2.38. The minimum Gasteiger partial charge on any atom is -0.451 e. The van der Waals surface area contributed by atoms with Crippen LogP contribution in [0, 0.1) is 0 Å². The Labute approximate surface area is 229 Å². The summed E-state index contributed by atoms with van der Waals surface area (Å²) < 4.78 is 46.2. The van der Waals surface area contributed by atoms with Crippen LogP contribution in [0.25, 0.3) is 22.2 Å². The van der Waals surface area contributed by atoms with E-state index in [1.54, 1.807) is 24.3 Å². The summed E-state index contributed by atoms with van der Waals surface area (Å²) in [4.78, 5) is 19.8. The van der Waals surface area contributed by atoms with Crippen LogP contribution in [0.2, 0.25) is 5.02 Å². The third-order valence-electron chi connectivity index (χ3n) is 6.95. The van der Waals surface area contributed by atoms with Crippen LogP contribution in [0.1, 0.15) is 41.8 Å². The van der Waals surface area contributed by atoms with Crippen molar-refractivity contribution >= 4 is 39.9 Å². The van der Waals surface area contributed by atoms with Crippen LogP contribution >= 0.6 is 11.6 Å². The van der Waals surface area contributed by atoms with Gasteiger partial charge in [-0.15, -0.1) is 0 Å². The molecule has 2 N–H and O–H groups in total. The fourth-order valence-corrected chi connectivity index (χ4v) is 5.11. The Hall–Kier alpha value is -3.72. The van der Waals surface area contributed by atoms with E-state index in [9.17, 15) is 18.0 Å². The molecule has 4 aromatic rings. The summed E-state index contributed by atoms with van der Waals surface area (Å²) in [6.07, 6.45) is -2.08. The van der Waals surface area contributed by atoms with Crippen molar-refractivity contribution < 1.29 is 22.4 Å². The Balaban J connectivity index is 1.25. The number of pyridine rings is 1. The first-order valence-electron chi connectivity index (χ1n) is 12.7. The van der Waals surface area contributed by atoms with Gasteiger partial charge in [0.1, 0.15) is 11.6 Å². The second-order valence-corrected chi connectivity index (χ2v) is 10.4. The standard InChI is InChI=1S/C29H28ClF3N4O2/c1-37(2)24-16-26(36-23-6-4-3-5-21(23)24)34-19-11-13-20(14-12-19)35-28(38)22-15-25(39-27(22)29(31,32)33)17-7-9-18(30)10-8-17/h3-10,15-16,19-20H,11-14H2,1-2H3,(H,34,36)(H,35,38)/t19-,20+. The molecule has 0 atom stereocenters. The zero-order valence-electron chi connectivity index (χ0n) is 21.5. The monoisotopic (exact) mass is 556 g/mol. The number of carbonyl (C=O) groups excluding carboxylic acids is 1. The number of nitrogens with one attached hydrogen (secondary N) is 2. The molecule has 10 heteroatoms. The molecule has 2 aromatic carbocycles. The van der Waals surface area contributed by atoms with Gasteiger partial charge in [-0.25, -0.2) is 4.98 Å². The van der Waals surface area contributed by atoms with Gasteiger partial charge >= 0.3 is 6.18 Å². The summed E-state index contributed by atoms with van der Waals surface area (Å²) >= 11 is 5.88. The first-order chi connectivity index (χ1) is 18.6. The van der Waals surface area contributed by atoms with Gasteiger partial charge in [0.15, 0.2) is 0 Å². The summed E-state index contributed by atoms with van der Waals surface area (Å²) in [6, 6.07) is 17.2. The first-order valence-corrected chi connectivity index (χ1v) is 13.1. The molecule has 204 valence electrons. The van der Waals surface area contributed by atoms with Gasteiger partial charge in [0.25, 0.3) is 5.91 Å². The van der Waals surface area contributed by atoms with Crippen LogP contribution in [-0.2, 0) is 6.18 Å². The smallest absolute Gasteiger partial charge is 0.450 e. The Kier molecular flexibility index (Phi) is 7.44. The highest BCUT2D eigenvalue weighted by molar-refractivity contribution is 6.30. The summed E-state index contributed by atoms with van der Waals surface area (Å²) in [7, 11) is 3.98. The van der Waals surface area contributed by atoms with Crippen LogP contribution in [0.3, 0.4) is 0 Å². The minimum absolute atomic E-state index is 0.0444. The number of amides is 1. The van der Waals surface area contributed by atoms with Crippen LogP contribution in [0.4, 0.5) is 24.7 Å². The molecule has 0 aliphatic heterocycles. The third-order valence-corrected chi connectivity index (χ3v) is 7.21. The predicted octanol–water partition coefficient (Wildman–Crippen LogP) is 7.39. The maximum absolute atomic E-state index is 13.7. The number of aromatic nitrogens is 1. The molecule has 0 radical (unpaired) electrons. The SMILES string of the molecule is CN(C)c1cc(N[C@H]2CC[C@@H](NC(=O)c3cc(-c4ccc(Cl)cc4)oc3C(F)(F)F)CC2)nc2ccccc12. The van der Waals surface area contributed by atoms with Gasteiger partial charge in [0.05, 0.1) is 11.1 Å². The van der Waals surface area contributed by atoms with E-state index in [-0.39, 0.29) is 17.8 Å². The molecule has 2 aromatic heterocycles. The van der Waals surface area contributed by atoms with Crippen LogP contribution in [0.15, 0.2) is 65.1 Å². The zero-order chi connectivity index (χ0) is 27.7. The highest BCUT2D eigenvalue weighted by Gasteiger charge is 2.41. The molecule has 1 amide bonds. The first kappa shape index (κ1) is 26.9. The number of hydrogen-bond donors (Lipinski definition) is 2. The lowest BCUT2D eigenvalue weighted by Crippen LogP contribution is -2.40. The molecule has 1 aliphatic carbocycles. The molecule has 2 heterocycles. The average Bonchev–Trinajstić information content (AvgIpc) is 3.36. The van der Waals surface area contributed by atoms with Gasteiger partial charge in [0.2, 0.25) is 5.76 Å². The maximum atomic E-state index is 13.7. The van der Waals surface area contributed by atoms with Crippen molar-refractivity contribution in [2.24, 2.45) is 0 Å². The molecule has 0 unspecified atom stereocenters. The average molecular weight is 557 g/mol. The number of fused-ring (bicyclic) bond motifs is 1. The number of alkyl halides is 3. The minimum atomic E-state index is -4.81. The number of halogens is 4. The molecule has 5 rings (SSSR count). The highest BCUT2D eigenvalue weighted by atomic mass is 35.5. The lowest BCUT2D eigenvalue weighted by atomic mass is 9.91. The number of para-hydroxylation sites is 1. The van der Waals surface area contributed by atoms with Crippen molar-refractivity contribution in [3.05, 3.63) is 77.0 Å². The van der Waals surface area contributed by atoms with E-state index < -0.39 is 23.4 Å². The topological polar surface area (TPSA) is 70.4 Å². The van der Waals surface area contributed by atoms with Gasteiger partial charge in [-0.1, -0.05) is 29.8 Å². The second kappa shape index (κ2) is 10.8. The lowest BCUT2D eigenvalue weighted by molar-refractivity contribution is -0.153. The summed E-state index contributed by atoms with van der Waals surface area (Å²) in [5, 5.41) is 7.80. The summed E-state index contributed by atoms with van der Waals surface area (Å²) in [5.74, 6) is -1.38. The molecular weight excluding hydrogens is 529 g/mol. The number of benzene rings is 2. The Morgan fingerprint density at radius 3 is 2.33 bits per heavy atom. The molecule has 0 saturated heterocycles. The molecular formula is C29H28ClF3N4O2. The van der Waals surface area contributed by atoms with Crippen molar-refractivity contribution in [2.75, 3.05) is 24.3 Å². The predicted molar refractivity (Wildman–Crippen MR) is 147 cm³/mol. The van der Waals surface area contributed by atoms with Crippen molar-refractivity contribution in [3.8, 4) is 11.3 Å². The summed E-state index contributed by atoms with van der Waals surface area (Å²) in [5.41, 5.74) is 1.83. The van der Waals surface area contributed by atoms with Crippen molar-refractivity contribution in [3.63, 3.8) is 0 Å². The van der Waals surface area contributed by atoms with Gasteiger partial charge in [-0.3, -0.25) is 4.79 Å². The fraction of sp³-hybridized carbons (Fsp3) is 0.310. The number of nitrogens with zero attached hydrogens (tertiary/aromatic N) is 2. The normalized spacial score (nSPS) is 17.7. The molecule has 6 nitrogen and oxygen atoms in total. The van der Waals surface area contributed by atoms with E-state index in [0.29, 0.717) is 23.4 Å². The largest absolute Gasteiger partial charge is 0.451 e. The van der Waals surface area contributed by atoms with Crippen LogP contribution < -0.4 is 15.5 Å². The van der Waals surface area contributed by atoms with Gasteiger partial charge in [0, 0.05) is 53.9 Å². The van der Waals surface area contributed by atoms with E-state index >= 15 is 0 Å². The molecule has 39 heavy (non-hydrogen) atoms. The lowest BCUT2D eigenvalue weighted by Gasteiger charge is -2.30. The Morgan fingerprint density at radius 2 is 1.67 bits per heavy atom. The van der Waals surface area contributed by atoms with Gasteiger partial charge < -0.3 is 20.0 Å². The quantitative estimate of drug-likeness (QED) is 0.259. The molecule has 1 fully saturated rings. The van der Waals surface area contributed by atoms with E-state index in [4.69, 9.17) is 21.0 Å². The van der Waals surface area contributed by atoms with Crippen molar-refractivity contribution in [1.29, 1.82) is 0 Å². The number of anilines is 2. The summed E-state index contributed by atoms with van der Waals surface area (Å²) in [6.45, 7) is 0. The Morgan fingerprint density at radius 1 is 1.00 bits per heavy atom. The van der Waals surface area contributed by atoms with Gasteiger partial charge in [-0.05, 0) is 62.1 Å². The van der Waals surface area contributed by atoms with E-state index in [1.165, 1.54) is 0 Å². The maximum Gasteiger partial charge on any atom is 0.450 e. The number of furan rings is 1. The van der Waals surface area contributed by atoms with Gasteiger partial charge in [-0.2, -0.15) is 13.2 Å². The Bertz CT molecular complexity index is 1480. The molecule has 1 saturated carbocycles. The third kappa shape index (κ3) is 5.98. The fourth-order valence-electron chi connectivity index (χ4n) is 4.98. The molecule has 1 aliphatic rings. The number of rotatable bonds is 6.